The summed E-state index contributed by atoms with van der Waals surface area (Å²) in [6, 6.07) is 12.5. The van der Waals surface area contributed by atoms with Crippen molar-refractivity contribution in [3.8, 4) is 5.69 Å². The van der Waals surface area contributed by atoms with Gasteiger partial charge in [0.25, 0.3) is 5.91 Å². The second kappa shape index (κ2) is 8.27. The molecule has 0 radical (unpaired) electrons. The molecule has 1 amide bonds. The molecular formula is C21H25N5O3S. The summed E-state index contributed by atoms with van der Waals surface area (Å²) in [5.41, 5.74) is 4.93. The number of hydrogen-bond acceptors (Lipinski definition) is 5. The van der Waals surface area contributed by atoms with Gasteiger partial charge in [-0.2, -0.15) is 9.90 Å². The van der Waals surface area contributed by atoms with E-state index < -0.39 is 10.0 Å². The fraction of sp³-hybridized carbons (Fsp3) is 0.286. The molecule has 0 bridgehead atoms. The number of aromatic nitrogens is 3. The van der Waals surface area contributed by atoms with E-state index in [9.17, 15) is 13.2 Å². The van der Waals surface area contributed by atoms with Crippen molar-refractivity contribution in [2.75, 3.05) is 11.0 Å². The molecule has 30 heavy (non-hydrogen) atoms. The Kier molecular flexibility index (Phi) is 5.93. The Morgan fingerprint density at radius 2 is 1.80 bits per heavy atom. The van der Waals surface area contributed by atoms with E-state index in [4.69, 9.17) is 0 Å². The van der Waals surface area contributed by atoms with Crippen molar-refractivity contribution < 1.29 is 13.2 Å². The average molecular weight is 428 g/mol. The van der Waals surface area contributed by atoms with E-state index >= 15 is 0 Å². The number of carbonyl (C=O) groups excluding carboxylic acids is 1. The molecule has 1 unspecified atom stereocenters. The van der Waals surface area contributed by atoms with Gasteiger partial charge < -0.3 is 5.32 Å². The normalized spacial score (nSPS) is 12.4. The van der Waals surface area contributed by atoms with Crippen LogP contribution < -0.4 is 10.0 Å². The second-order valence-corrected chi connectivity index (χ2v) is 9.16. The topological polar surface area (TPSA) is 106 Å². The van der Waals surface area contributed by atoms with Crippen LogP contribution in [0.4, 0.5) is 5.69 Å². The molecule has 1 heterocycles. The number of amides is 1. The van der Waals surface area contributed by atoms with Gasteiger partial charge in [0, 0.05) is 5.69 Å². The van der Waals surface area contributed by atoms with Crippen molar-refractivity contribution in [2.24, 2.45) is 0 Å². The molecule has 158 valence electrons. The molecule has 2 N–H and O–H groups in total. The zero-order chi connectivity index (χ0) is 22.1. The highest BCUT2D eigenvalue weighted by Gasteiger charge is 2.19. The highest BCUT2D eigenvalue weighted by molar-refractivity contribution is 7.92. The molecule has 8 nitrogen and oxygen atoms in total. The van der Waals surface area contributed by atoms with Gasteiger partial charge in [-0.3, -0.25) is 9.52 Å². The molecular weight excluding hydrogens is 402 g/mol. The van der Waals surface area contributed by atoms with Gasteiger partial charge in [-0.25, -0.2) is 8.42 Å². The minimum absolute atomic E-state index is 0.243. The first-order valence-corrected chi connectivity index (χ1v) is 11.3. The number of rotatable bonds is 6. The molecule has 0 fully saturated rings. The lowest BCUT2D eigenvalue weighted by molar-refractivity contribution is 0.0933. The molecule has 0 aliphatic carbocycles. The van der Waals surface area contributed by atoms with Crippen LogP contribution >= 0.6 is 0 Å². The predicted octanol–water partition coefficient (Wildman–Crippen LogP) is 3.06. The lowest BCUT2D eigenvalue weighted by Gasteiger charge is -2.15. The van der Waals surface area contributed by atoms with Gasteiger partial charge in [0.15, 0.2) is 5.69 Å². The van der Waals surface area contributed by atoms with Crippen molar-refractivity contribution in [3.63, 3.8) is 0 Å². The number of aryl methyl sites for hydroxylation is 3. The van der Waals surface area contributed by atoms with Gasteiger partial charge in [-0.1, -0.05) is 29.8 Å². The molecule has 9 heteroatoms. The van der Waals surface area contributed by atoms with Crippen LogP contribution in [0, 0.1) is 20.8 Å². The molecule has 1 atom stereocenters. The Balaban J connectivity index is 1.79. The summed E-state index contributed by atoms with van der Waals surface area (Å²) >= 11 is 0. The van der Waals surface area contributed by atoms with Crippen LogP contribution in [0.3, 0.4) is 0 Å². The number of nitrogens with one attached hydrogen (secondary N) is 2. The number of carbonyl (C=O) groups is 1. The summed E-state index contributed by atoms with van der Waals surface area (Å²) < 4.78 is 25.3. The third-order valence-corrected chi connectivity index (χ3v) is 5.21. The summed E-state index contributed by atoms with van der Waals surface area (Å²) in [4.78, 5) is 14.3. The summed E-state index contributed by atoms with van der Waals surface area (Å²) in [6.07, 6.45) is 1.09. The van der Waals surface area contributed by atoms with Crippen LogP contribution in [0.25, 0.3) is 5.69 Å². The smallest absolute Gasteiger partial charge is 0.274 e. The highest BCUT2D eigenvalue weighted by atomic mass is 32.2. The van der Waals surface area contributed by atoms with Gasteiger partial charge in [0.2, 0.25) is 10.0 Å². The number of sulfonamides is 1. The first kappa shape index (κ1) is 21.5. The van der Waals surface area contributed by atoms with E-state index in [0.29, 0.717) is 11.4 Å². The van der Waals surface area contributed by atoms with Gasteiger partial charge in [-0.15, -0.1) is 5.10 Å². The molecule has 0 saturated carbocycles. The Labute approximate surface area is 176 Å². The second-order valence-electron chi connectivity index (χ2n) is 7.41. The third-order valence-electron chi connectivity index (χ3n) is 4.60. The van der Waals surface area contributed by atoms with Gasteiger partial charge in [0.05, 0.1) is 23.7 Å². The fourth-order valence-electron chi connectivity index (χ4n) is 3.16. The van der Waals surface area contributed by atoms with Gasteiger partial charge in [-0.05, 0) is 57.0 Å². The summed E-state index contributed by atoms with van der Waals surface area (Å²) in [6.45, 7) is 7.55. The SMILES string of the molecule is Cc1ccc(-n2nc(C)c(C(=O)NC(C)c3cccc(NS(C)(=O)=O)c3)n2)c(C)c1. The number of hydrogen-bond donors (Lipinski definition) is 2. The first-order valence-electron chi connectivity index (χ1n) is 9.43. The van der Waals surface area contributed by atoms with Crippen LogP contribution in [0.5, 0.6) is 0 Å². The fourth-order valence-corrected chi connectivity index (χ4v) is 3.72. The van der Waals surface area contributed by atoms with E-state index in [-0.39, 0.29) is 17.6 Å². The first-order chi connectivity index (χ1) is 14.0. The van der Waals surface area contributed by atoms with E-state index in [1.165, 1.54) is 4.80 Å². The lowest BCUT2D eigenvalue weighted by Crippen LogP contribution is -2.27. The van der Waals surface area contributed by atoms with Crippen LogP contribution in [0.15, 0.2) is 42.5 Å². The molecule has 1 aromatic heterocycles. The molecule has 2 aromatic carbocycles. The van der Waals surface area contributed by atoms with Crippen molar-refractivity contribution >= 4 is 21.6 Å². The molecule has 0 aliphatic heterocycles. The highest BCUT2D eigenvalue weighted by Crippen LogP contribution is 2.19. The number of benzene rings is 2. The summed E-state index contributed by atoms with van der Waals surface area (Å²) in [5, 5.41) is 11.7. The maximum absolute atomic E-state index is 12.8. The van der Waals surface area contributed by atoms with Crippen LogP contribution in [0.2, 0.25) is 0 Å². The van der Waals surface area contributed by atoms with Gasteiger partial charge in [0.1, 0.15) is 0 Å². The largest absolute Gasteiger partial charge is 0.344 e. The van der Waals surface area contributed by atoms with Crippen molar-refractivity contribution in [3.05, 3.63) is 70.5 Å². The van der Waals surface area contributed by atoms with Crippen molar-refractivity contribution in [1.29, 1.82) is 0 Å². The molecule has 3 rings (SSSR count). The quantitative estimate of drug-likeness (QED) is 0.629. The zero-order valence-corrected chi connectivity index (χ0v) is 18.4. The Hall–Kier alpha value is -3.20. The Morgan fingerprint density at radius 1 is 1.07 bits per heavy atom. The third kappa shape index (κ3) is 5.04. The van der Waals surface area contributed by atoms with Crippen LogP contribution in [0.1, 0.15) is 45.8 Å². The van der Waals surface area contributed by atoms with E-state index in [2.05, 4.69) is 20.2 Å². The number of anilines is 1. The predicted molar refractivity (Wildman–Crippen MR) is 116 cm³/mol. The molecule has 3 aromatic rings. The zero-order valence-electron chi connectivity index (χ0n) is 17.6. The maximum atomic E-state index is 12.8. The molecule has 0 saturated heterocycles. The van der Waals surface area contributed by atoms with E-state index in [0.717, 1.165) is 28.6 Å². The monoisotopic (exact) mass is 427 g/mol. The van der Waals surface area contributed by atoms with Crippen LogP contribution in [-0.4, -0.2) is 35.6 Å². The minimum atomic E-state index is -3.38. The van der Waals surface area contributed by atoms with Gasteiger partial charge >= 0.3 is 0 Å². The summed E-state index contributed by atoms with van der Waals surface area (Å²) in [5.74, 6) is -0.350. The van der Waals surface area contributed by atoms with Crippen molar-refractivity contribution in [2.45, 2.75) is 33.7 Å². The van der Waals surface area contributed by atoms with Crippen molar-refractivity contribution in [1.82, 2.24) is 20.3 Å². The average Bonchev–Trinajstić information content (AvgIpc) is 3.02. The standard InChI is InChI=1S/C21H25N5O3S/c1-13-9-10-19(14(2)11-13)26-23-16(4)20(24-26)21(27)22-15(3)17-7-6-8-18(12-17)25-30(5,28)29/h6-12,15,25H,1-5H3,(H,22,27). The Morgan fingerprint density at radius 3 is 2.47 bits per heavy atom. The van der Waals surface area contributed by atoms with Crippen LogP contribution in [-0.2, 0) is 10.0 Å². The molecule has 0 spiro atoms. The van der Waals surface area contributed by atoms with E-state index in [1.807, 2.05) is 45.0 Å². The Bertz CT molecular complexity index is 1200. The van der Waals surface area contributed by atoms with E-state index in [1.54, 1.807) is 25.1 Å². The number of nitrogens with zero attached hydrogens (tertiary/aromatic N) is 3. The maximum Gasteiger partial charge on any atom is 0.274 e. The summed E-state index contributed by atoms with van der Waals surface area (Å²) in [7, 11) is -3.38. The lowest BCUT2D eigenvalue weighted by atomic mass is 10.1. The minimum Gasteiger partial charge on any atom is -0.344 e. The molecule has 0 aliphatic rings.